The lowest BCUT2D eigenvalue weighted by Crippen LogP contribution is -2.25. The number of thioether (sulfide) groups is 1. The van der Waals surface area contributed by atoms with Gasteiger partial charge in [0.2, 0.25) is 5.91 Å². The minimum absolute atomic E-state index is 0.0529. The van der Waals surface area contributed by atoms with E-state index in [0.717, 1.165) is 22.5 Å². The van der Waals surface area contributed by atoms with E-state index in [4.69, 9.17) is 23.2 Å². The summed E-state index contributed by atoms with van der Waals surface area (Å²) in [5.41, 5.74) is 1.22. The molecule has 5 rings (SSSR count). The van der Waals surface area contributed by atoms with E-state index in [9.17, 15) is 14.0 Å². The maximum Gasteiger partial charge on any atom is 0.252 e. The fraction of sp³-hybridized carbons (Fsp3) is 0.0714. The van der Waals surface area contributed by atoms with Gasteiger partial charge < -0.3 is 10.6 Å². The van der Waals surface area contributed by atoms with Gasteiger partial charge in [-0.3, -0.25) is 14.2 Å². The van der Waals surface area contributed by atoms with E-state index in [0.29, 0.717) is 32.3 Å². The zero-order valence-electron chi connectivity index (χ0n) is 20.2. The molecule has 1 heterocycles. The second-order valence-electron chi connectivity index (χ2n) is 8.36. The van der Waals surface area contributed by atoms with Gasteiger partial charge in [-0.2, -0.15) is 0 Å². The van der Waals surface area contributed by atoms with E-state index >= 15 is 0 Å². The molecule has 0 unspecified atom stereocenters. The lowest BCUT2D eigenvalue weighted by molar-refractivity contribution is -0.113. The van der Waals surface area contributed by atoms with E-state index in [-0.39, 0.29) is 23.9 Å². The van der Waals surface area contributed by atoms with Crippen LogP contribution in [0, 0.1) is 5.82 Å². The van der Waals surface area contributed by atoms with Gasteiger partial charge in [0.1, 0.15) is 5.82 Å². The highest BCUT2D eigenvalue weighted by Gasteiger charge is 2.19. The van der Waals surface area contributed by atoms with Gasteiger partial charge in [0.15, 0.2) is 11.0 Å². The van der Waals surface area contributed by atoms with Crippen LogP contribution in [0.2, 0.25) is 10.0 Å². The molecule has 0 aliphatic carbocycles. The van der Waals surface area contributed by atoms with Crippen molar-refractivity contribution >= 4 is 63.2 Å². The lowest BCUT2D eigenvalue weighted by atomic mass is 10.0. The molecule has 0 aliphatic rings. The number of rotatable bonds is 8. The van der Waals surface area contributed by atoms with E-state index in [1.54, 1.807) is 41.0 Å². The molecule has 0 saturated carbocycles. The molecule has 0 bridgehead atoms. The summed E-state index contributed by atoms with van der Waals surface area (Å²) in [5.74, 6) is -0.859. The Morgan fingerprint density at radius 1 is 0.897 bits per heavy atom. The molecule has 39 heavy (non-hydrogen) atoms. The van der Waals surface area contributed by atoms with Gasteiger partial charge in [0, 0.05) is 5.56 Å². The summed E-state index contributed by atoms with van der Waals surface area (Å²) in [4.78, 5) is 25.6. The quantitative estimate of drug-likeness (QED) is 0.204. The van der Waals surface area contributed by atoms with Crippen LogP contribution in [0.5, 0.6) is 0 Å². The first-order valence-corrected chi connectivity index (χ1v) is 13.5. The molecule has 196 valence electrons. The van der Waals surface area contributed by atoms with E-state index in [1.807, 2.05) is 36.4 Å². The second-order valence-corrected chi connectivity index (χ2v) is 10.1. The standard InChI is InChI=1S/C28H20Cl2FN5O2S/c29-21-13-12-18(14-22(21)30)36-25(15-32-27(38)20-9-5-7-17-6-1-2-8-19(17)20)34-35-28(36)39-16-26(37)33-24-11-4-3-10-23(24)31/h1-14H,15-16H2,(H,32,38)(H,33,37). The van der Waals surface area contributed by atoms with Crippen molar-refractivity contribution in [3.63, 3.8) is 0 Å². The van der Waals surface area contributed by atoms with E-state index in [1.165, 1.54) is 12.1 Å². The van der Waals surface area contributed by atoms with Crippen LogP contribution in [-0.2, 0) is 11.3 Å². The first-order chi connectivity index (χ1) is 18.9. The number of para-hydroxylation sites is 1. The van der Waals surface area contributed by atoms with Crippen molar-refractivity contribution in [3.05, 3.63) is 112 Å². The number of nitrogens with one attached hydrogen (secondary N) is 2. The van der Waals surface area contributed by atoms with Crippen molar-refractivity contribution in [2.24, 2.45) is 0 Å². The molecule has 4 aromatic carbocycles. The van der Waals surface area contributed by atoms with Gasteiger partial charge in [0.05, 0.1) is 33.7 Å². The van der Waals surface area contributed by atoms with Crippen LogP contribution < -0.4 is 10.6 Å². The molecule has 2 N–H and O–H groups in total. The van der Waals surface area contributed by atoms with Crippen LogP contribution in [0.15, 0.2) is 90.1 Å². The number of anilines is 1. The Hall–Kier alpha value is -3.92. The van der Waals surface area contributed by atoms with Crippen molar-refractivity contribution in [3.8, 4) is 5.69 Å². The fourth-order valence-corrected chi connectivity index (χ4v) is 5.01. The molecular formula is C28H20Cl2FN5O2S. The Balaban J connectivity index is 1.37. The summed E-state index contributed by atoms with van der Waals surface area (Å²) >= 11 is 13.5. The van der Waals surface area contributed by atoms with Crippen LogP contribution in [0.3, 0.4) is 0 Å². The van der Waals surface area contributed by atoms with Crippen molar-refractivity contribution in [2.45, 2.75) is 11.7 Å². The highest BCUT2D eigenvalue weighted by Crippen LogP contribution is 2.28. The average molecular weight is 580 g/mol. The normalized spacial score (nSPS) is 10.9. The zero-order chi connectivity index (χ0) is 27.4. The molecule has 2 amide bonds. The monoisotopic (exact) mass is 579 g/mol. The number of fused-ring (bicyclic) bond motifs is 1. The number of hydrogen-bond acceptors (Lipinski definition) is 5. The van der Waals surface area contributed by atoms with E-state index < -0.39 is 11.7 Å². The molecule has 0 saturated heterocycles. The van der Waals surface area contributed by atoms with Gasteiger partial charge in [-0.25, -0.2) is 4.39 Å². The number of carbonyl (C=O) groups is 2. The van der Waals surface area contributed by atoms with E-state index in [2.05, 4.69) is 20.8 Å². The smallest absolute Gasteiger partial charge is 0.252 e. The summed E-state index contributed by atoms with van der Waals surface area (Å²) in [7, 11) is 0. The molecule has 0 spiro atoms. The van der Waals surface area contributed by atoms with Gasteiger partial charge in [-0.05, 0) is 47.2 Å². The molecule has 11 heteroatoms. The summed E-state index contributed by atoms with van der Waals surface area (Å²) in [6, 6.07) is 24.1. The van der Waals surface area contributed by atoms with Gasteiger partial charge in [-0.1, -0.05) is 83.5 Å². The lowest BCUT2D eigenvalue weighted by Gasteiger charge is -2.12. The number of carbonyl (C=O) groups excluding carboxylic acids is 2. The van der Waals surface area contributed by atoms with Crippen molar-refractivity contribution in [1.29, 1.82) is 0 Å². The minimum atomic E-state index is -0.529. The van der Waals surface area contributed by atoms with Crippen LogP contribution >= 0.6 is 35.0 Å². The zero-order valence-corrected chi connectivity index (χ0v) is 22.5. The number of halogens is 3. The molecule has 7 nitrogen and oxygen atoms in total. The molecule has 5 aromatic rings. The first kappa shape index (κ1) is 26.7. The molecule has 0 atom stereocenters. The predicted octanol–water partition coefficient (Wildman–Crippen LogP) is 6.53. The van der Waals surface area contributed by atoms with Crippen molar-refractivity contribution in [2.75, 3.05) is 11.1 Å². The van der Waals surface area contributed by atoms with Gasteiger partial charge in [0.25, 0.3) is 5.91 Å². The average Bonchev–Trinajstić information content (AvgIpc) is 3.35. The number of benzene rings is 4. The molecular weight excluding hydrogens is 560 g/mol. The van der Waals surface area contributed by atoms with Crippen molar-refractivity contribution in [1.82, 2.24) is 20.1 Å². The number of nitrogens with zero attached hydrogens (tertiary/aromatic N) is 3. The summed E-state index contributed by atoms with van der Waals surface area (Å²) in [6.07, 6.45) is 0. The molecule has 1 aromatic heterocycles. The van der Waals surface area contributed by atoms with Crippen LogP contribution in [-0.4, -0.2) is 32.3 Å². The highest BCUT2D eigenvalue weighted by atomic mass is 35.5. The van der Waals surface area contributed by atoms with Crippen LogP contribution in [0.1, 0.15) is 16.2 Å². The second kappa shape index (κ2) is 11.9. The Morgan fingerprint density at radius 2 is 1.67 bits per heavy atom. The molecule has 0 aliphatic heterocycles. The predicted molar refractivity (Wildman–Crippen MR) is 152 cm³/mol. The maximum absolute atomic E-state index is 13.9. The molecule has 0 radical (unpaired) electrons. The first-order valence-electron chi connectivity index (χ1n) is 11.7. The SMILES string of the molecule is O=C(CSc1nnc(CNC(=O)c2cccc3ccccc23)n1-c1ccc(Cl)c(Cl)c1)Nc1ccccc1F. The van der Waals surface area contributed by atoms with Gasteiger partial charge in [-0.15, -0.1) is 10.2 Å². The Morgan fingerprint density at radius 3 is 2.49 bits per heavy atom. The Kier molecular flexibility index (Phi) is 8.11. The number of amides is 2. The largest absolute Gasteiger partial charge is 0.345 e. The Labute approximate surface area is 237 Å². The maximum atomic E-state index is 13.9. The van der Waals surface area contributed by atoms with Crippen LogP contribution in [0.4, 0.5) is 10.1 Å². The number of hydrogen-bond donors (Lipinski definition) is 2. The summed E-state index contributed by atoms with van der Waals surface area (Å²) < 4.78 is 15.6. The highest BCUT2D eigenvalue weighted by molar-refractivity contribution is 7.99. The minimum Gasteiger partial charge on any atom is -0.345 e. The molecule has 0 fully saturated rings. The number of aromatic nitrogens is 3. The fourth-order valence-electron chi connectivity index (χ4n) is 3.95. The summed E-state index contributed by atoms with van der Waals surface area (Å²) in [6.45, 7) is 0.0529. The third-order valence-corrected chi connectivity index (χ3v) is 7.45. The Bertz CT molecular complexity index is 1690. The van der Waals surface area contributed by atoms with Crippen molar-refractivity contribution < 1.29 is 14.0 Å². The van der Waals surface area contributed by atoms with Crippen LogP contribution in [0.25, 0.3) is 16.5 Å². The summed E-state index contributed by atoms with van der Waals surface area (Å²) in [5, 5.41) is 16.8. The third-order valence-electron chi connectivity index (χ3n) is 5.78. The third kappa shape index (κ3) is 6.06. The van der Waals surface area contributed by atoms with Gasteiger partial charge >= 0.3 is 0 Å². The topological polar surface area (TPSA) is 88.9 Å².